The van der Waals surface area contributed by atoms with Crippen LogP contribution in [0.4, 0.5) is 11.4 Å². The normalized spacial score (nSPS) is 14.1. The maximum atomic E-state index is 12.6. The molecule has 5 nitrogen and oxygen atoms in total. The van der Waals surface area contributed by atoms with Gasteiger partial charge < -0.3 is 15.3 Å². The molecule has 0 atom stereocenters. The first-order valence-corrected chi connectivity index (χ1v) is 7.59. The summed E-state index contributed by atoms with van der Waals surface area (Å²) >= 11 is 0. The molecule has 2 N–H and O–H groups in total. The maximum Gasteiger partial charge on any atom is 0.257 e. The molecule has 0 spiro atoms. The number of carbonyl (C=O) groups is 2. The Morgan fingerprint density at radius 2 is 2.00 bits per heavy atom. The molecular formula is C18H18N2O3. The Morgan fingerprint density at radius 3 is 2.74 bits per heavy atom. The van der Waals surface area contributed by atoms with E-state index in [1.807, 2.05) is 6.07 Å². The molecule has 2 aromatic rings. The highest BCUT2D eigenvalue weighted by Crippen LogP contribution is 2.26. The van der Waals surface area contributed by atoms with Gasteiger partial charge in [0.2, 0.25) is 5.91 Å². The van der Waals surface area contributed by atoms with Crippen molar-refractivity contribution in [2.75, 3.05) is 16.8 Å². The number of aliphatic hydroxyl groups is 1. The van der Waals surface area contributed by atoms with Crippen LogP contribution in [0.5, 0.6) is 0 Å². The van der Waals surface area contributed by atoms with Gasteiger partial charge in [-0.3, -0.25) is 9.59 Å². The molecule has 0 radical (unpaired) electrons. The van der Waals surface area contributed by atoms with E-state index in [4.69, 9.17) is 0 Å². The van der Waals surface area contributed by atoms with Gasteiger partial charge in [0.05, 0.1) is 17.9 Å². The van der Waals surface area contributed by atoms with Crippen molar-refractivity contribution in [1.29, 1.82) is 0 Å². The van der Waals surface area contributed by atoms with E-state index in [1.54, 1.807) is 47.4 Å². The lowest BCUT2D eigenvalue weighted by atomic mass is 10.1. The predicted octanol–water partition coefficient (Wildman–Crippen LogP) is 2.56. The topological polar surface area (TPSA) is 69.6 Å². The van der Waals surface area contributed by atoms with Gasteiger partial charge in [0.15, 0.2) is 0 Å². The van der Waals surface area contributed by atoms with Gasteiger partial charge >= 0.3 is 0 Å². The van der Waals surface area contributed by atoms with Crippen LogP contribution in [0.3, 0.4) is 0 Å². The van der Waals surface area contributed by atoms with Crippen molar-refractivity contribution in [3.63, 3.8) is 0 Å². The van der Waals surface area contributed by atoms with Crippen LogP contribution < -0.4 is 10.2 Å². The average Bonchev–Trinajstić information content (AvgIpc) is 3.01. The van der Waals surface area contributed by atoms with Gasteiger partial charge in [0.1, 0.15) is 0 Å². The van der Waals surface area contributed by atoms with Gasteiger partial charge in [0, 0.05) is 18.7 Å². The number of anilines is 2. The number of carbonyl (C=O) groups excluding carboxylic acids is 2. The van der Waals surface area contributed by atoms with Gasteiger partial charge in [0.25, 0.3) is 5.91 Å². The molecule has 0 aromatic heterocycles. The summed E-state index contributed by atoms with van der Waals surface area (Å²) in [6.07, 6.45) is 1.34. The predicted molar refractivity (Wildman–Crippen MR) is 88.3 cm³/mol. The summed E-state index contributed by atoms with van der Waals surface area (Å²) in [7, 11) is 0. The smallest absolute Gasteiger partial charge is 0.257 e. The summed E-state index contributed by atoms with van der Waals surface area (Å²) in [5.41, 5.74) is 2.46. The molecule has 1 aliphatic rings. The second kappa shape index (κ2) is 6.62. The lowest BCUT2D eigenvalue weighted by Crippen LogP contribution is -2.27. The molecule has 0 bridgehead atoms. The molecule has 0 saturated carbocycles. The van der Waals surface area contributed by atoms with Crippen molar-refractivity contribution >= 4 is 23.2 Å². The molecule has 1 aliphatic heterocycles. The van der Waals surface area contributed by atoms with Crippen LogP contribution >= 0.6 is 0 Å². The third-order valence-electron chi connectivity index (χ3n) is 3.88. The maximum absolute atomic E-state index is 12.6. The van der Waals surface area contributed by atoms with Crippen LogP contribution in [-0.2, 0) is 11.4 Å². The molecule has 2 amide bonds. The van der Waals surface area contributed by atoms with Crippen LogP contribution in [0, 0.1) is 0 Å². The summed E-state index contributed by atoms with van der Waals surface area (Å²) in [6, 6.07) is 14.2. The third kappa shape index (κ3) is 3.24. The Bertz CT molecular complexity index is 743. The first-order valence-electron chi connectivity index (χ1n) is 7.59. The highest BCUT2D eigenvalue weighted by molar-refractivity contribution is 6.11. The van der Waals surface area contributed by atoms with Crippen LogP contribution in [-0.4, -0.2) is 23.5 Å². The molecule has 118 valence electrons. The van der Waals surface area contributed by atoms with E-state index in [2.05, 4.69) is 5.32 Å². The number of para-hydroxylation sites is 1. The summed E-state index contributed by atoms with van der Waals surface area (Å²) in [6.45, 7) is 0.561. The van der Waals surface area contributed by atoms with Crippen molar-refractivity contribution in [1.82, 2.24) is 0 Å². The van der Waals surface area contributed by atoms with E-state index >= 15 is 0 Å². The van der Waals surface area contributed by atoms with Gasteiger partial charge in [-0.05, 0) is 36.2 Å². The lowest BCUT2D eigenvalue weighted by molar-refractivity contribution is -0.117. The van der Waals surface area contributed by atoms with E-state index in [0.29, 0.717) is 29.9 Å². The molecule has 1 heterocycles. The zero-order valence-corrected chi connectivity index (χ0v) is 12.7. The fourth-order valence-corrected chi connectivity index (χ4v) is 2.75. The first-order chi connectivity index (χ1) is 11.2. The number of benzene rings is 2. The Balaban J connectivity index is 1.86. The second-order valence-corrected chi connectivity index (χ2v) is 5.48. The molecule has 2 aromatic carbocycles. The lowest BCUT2D eigenvalue weighted by Gasteiger charge is -2.19. The van der Waals surface area contributed by atoms with E-state index < -0.39 is 0 Å². The third-order valence-corrected chi connectivity index (χ3v) is 3.88. The molecule has 23 heavy (non-hydrogen) atoms. The van der Waals surface area contributed by atoms with Crippen molar-refractivity contribution in [2.24, 2.45) is 0 Å². The van der Waals surface area contributed by atoms with Crippen LogP contribution in [0.2, 0.25) is 0 Å². The van der Waals surface area contributed by atoms with Gasteiger partial charge in [-0.2, -0.15) is 0 Å². The second-order valence-electron chi connectivity index (χ2n) is 5.48. The van der Waals surface area contributed by atoms with Gasteiger partial charge in [-0.15, -0.1) is 0 Å². The highest BCUT2D eigenvalue weighted by atomic mass is 16.3. The number of nitrogens with one attached hydrogen (secondary N) is 1. The fourth-order valence-electron chi connectivity index (χ4n) is 2.75. The van der Waals surface area contributed by atoms with Crippen LogP contribution in [0.1, 0.15) is 28.8 Å². The van der Waals surface area contributed by atoms with Gasteiger partial charge in [-0.25, -0.2) is 0 Å². The quantitative estimate of drug-likeness (QED) is 0.912. The molecule has 1 fully saturated rings. The fraction of sp³-hybridized carbons (Fsp3) is 0.222. The van der Waals surface area contributed by atoms with Crippen LogP contribution in [0.15, 0.2) is 48.5 Å². The number of hydrogen-bond donors (Lipinski definition) is 2. The molecule has 0 unspecified atom stereocenters. The Labute approximate surface area is 134 Å². The number of nitrogens with zero attached hydrogens (tertiary/aromatic N) is 1. The van der Waals surface area contributed by atoms with E-state index in [1.165, 1.54) is 0 Å². The monoisotopic (exact) mass is 310 g/mol. The summed E-state index contributed by atoms with van der Waals surface area (Å²) in [5.74, 6) is -0.220. The first kappa shape index (κ1) is 15.2. The minimum atomic E-state index is -0.268. The largest absolute Gasteiger partial charge is 0.392 e. The molecule has 3 rings (SSSR count). The number of amides is 2. The average molecular weight is 310 g/mol. The van der Waals surface area contributed by atoms with Crippen molar-refractivity contribution in [3.05, 3.63) is 59.7 Å². The summed E-state index contributed by atoms with van der Waals surface area (Å²) in [4.78, 5) is 26.2. The van der Waals surface area contributed by atoms with E-state index in [9.17, 15) is 14.7 Å². The Kier molecular flexibility index (Phi) is 4.39. The summed E-state index contributed by atoms with van der Waals surface area (Å²) < 4.78 is 0. The van der Waals surface area contributed by atoms with E-state index in [-0.39, 0.29) is 18.4 Å². The SMILES string of the molecule is O=C(Nc1cccc(CO)c1)c1ccccc1N1CCCC1=O. The minimum absolute atomic E-state index is 0.0486. The molecule has 5 heteroatoms. The van der Waals surface area contributed by atoms with Crippen LogP contribution in [0.25, 0.3) is 0 Å². The number of rotatable bonds is 4. The number of hydrogen-bond acceptors (Lipinski definition) is 3. The standard InChI is InChI=1S/C18H18N2O3/c21-12-13-5-3-6-14(11-13)19-18(23)15-7-1-2-8-16(15)20-10-4-9-17(20)22/h1-3,5-8,11,21H,4,9-10,12H2,(H,19,23). The zero-order valence-electron chi connectivity index (χ0n) is 12.7. The molecular weight excluding hydrogens is 292 g/mol. The summed E-state index contributed by atoms with van der Waals surface area (Å²) in [5, 5.41) is 12.0. The van der Waals surface area contributed by atoms with Crippen molar-refractivity contribution in [2.45, 2.75) is 19.4 Å². The van der Waals surface area contributed by atoms with Crippen molar-refractivity contribution in [3.8, 4) is 0 Å². The number of aliphatic hydroxyl groups excluding tert-OH is 1. The van der Waals surface area contributed by atoms with E-state index in [0.717, 1.165) is 12.0 Å². The Morgan fingerprint density at radius 1 is 1.17 bits per heavy atom. The molecule has 0 aliphatic carbocycles. The zero-order chi connectivity index (χ0) is 16.2. The Hall–Kier alpha value is -2.66. The van der Waals surface area contributed by atoms with Crippen molar-refractivity contribution < 1.29 is 14.7 Å². The van der Waals surface area contributed by atoms with Gasteiger partial charge in [-0.1, -0.05) is 24.3 Å². The highest BCUT2D eigenvalue weighted by Gasteiger charge is 2.25. The molecule has 1 saturated heterocycles. The minimum Gasteiger partial charge on any atom is -0.392 e.